The highest BCUT2D eigenvalue weighted by Crippen LogP contribution is 2.18. The van der Waals surface area contributed by atoms with E-state index in [0.717, 1.165) is 16.1 Å². The predicted octanol–water partition coefficient (Wildman–Crippen LogP) is 1.90. The van der Waals surface area contributed by atoms with Gasteiger partial charge >= 0.3 is 0 Å². The number of rotatable bonds is 1. The molecule has 0 unspecified atom stereocenters. The van der Waals surface area contributed by atoms with Crippen molar-refractivity contribution >= 4 is 15.9 Å². The van der Waals surface area contributed by atoms with Gasteiger partial charge in [-0.15, -0.1) is 0 Å². The zero-order chi connectivity index (χ0) is 10.8. The van der Waals surface area contributed by atoms with Crippen LogP contribution in [0, 0.1) is 0 Å². The molecule has 0 spiro atoms. The second kappa shape index (κ2) is 3.86. The summed E-state index contributed by atoms with van der Waals surface area (Å²) in [6, 6.07) is 8.28. The van der Waals surface area contributed by atoms with Gasteiger partial charge in [-0.1, -0.05) is 28.1 Å². The molecule has 5 heteroatoms. The average molecular weight is 267 g/mol. The molecule has 0 saturated carbocycles. The van der Waals surface area contributed by atoms with E-state index in [0.29, 0.717) is 5.82 Å². The maximum Gasteiger partial charge on any atom is 0.254 e. The molecular weight excluding hydrogens is 260 g/mol. The van der Waals surface area contributed by atoms with Crippen molar-refractivity contribution in [2.45, 2.75) is 0 Å². The third-order valence-electron chi connectivity index (χ3n) is 1.85. The Hall–Kier alpha value is -1.62. The first kappa shape index (κ1) is 9.92. The van der Waals surface area contributed by atoms with Crippen molar-refractivity contribution in [1.82, 2.24) is 9.97 Å². The summed E-state index contributed by atoms with van der Waals surface area (Å²) in [5.74, 6) is 0.0733. The molecule has 0 fully saturated rings. The van der Waals surface area contributed by atoms with Gasteiger partial charge in [-0.25, -0.2) is 0 Å². The molecule has 0 bridgehead atoms. The van der Waals surface area contributed by atoms with Crippen molar-refractivity contribution in [3.05, 3.63) is 45.2 Å². The standard InChI is InChI=1S/C10H7BrN2O2/c11-7-3-1-6(2-4-7)10-12-8(14)5-9(15)13-10/h1-5H,(H2,12,13,14,15). The Morgan fingerprint density at radius 1 is 1.27 bits per heavy atom. The monoisotopic (exact) mass is 266 g/mol. The second-order valence-electron chi connectivity index (χ2n) is 2.96. The summed E-state index contributed by atoms with van der Waals surface area (Å²) >= 11 is 3.31. The van der Waals surface area contributed by atoms with E-state index < -0.39 is 0 Å². The van der Waals surface area contributed by atoms with Gasteiger partial charge in [-0.2, -0.15) is 4.98 Å². The van der Waals surface area contributed by atoms with Crippen LogP contribution in [0.2, 0.25) is 0 Å². The van der Waals surface area contributed by atoms with E-state index in [1.165, 1.54) is 0 Å². The molecule has 0 aliphatic carbocycles. The number of H-pyrrole nitrogens is 1. The lowest BCUT2D eigenvalue weighted by molar-refractivity contribution is 0.452. The number of aromatic hydroxyl groups is 1. The van der Waals surface area contributed by atoms with Crippen LogP contribution in [0.1, 0.15) is 0 Å². The number of halogens is 1. The normalized spacial score (nSPS) is 10.2. The molecule has 0 radical (unpaired) electrons. The summed E-state index contributed by atoms with van der Waals surface area (Å²) in [6.45, 7) is 0. The fourth-order valence-corrected chi connectivity index (χ4v) is 1.45. The second-order valence-corrected chi connectivity index (χ2v) is 3.87. The maximum atomic E-state index is 11.1. The molecule has 0 amide bonds. The summed E-state index contributed by atoms with van der Waals surface area (Å²) < 4.78 is 0.939. The van der Waals surface area contributed by atoms with Gasteiger partial charge in [0.15, 0.2) is 0 Å². The molecule has 2 aromatic rings. The van der Waals surface area contributed by atoms with E-state index in [1.807, 2.05) is 12.1 Å². The van der Waals surface area contributed by atoms with Crippen molar-refractivity contribution in [3.8, 4) is 17.3 Å². The first-order valence-electron chi connectivity index (χ1n) is 4.21. The molecule has 1 heterocycles. The number of aromatic amines is 1. The Morgan fingerprint density at radius 3 is 2.53 bits per heavy atom. The van der Waals surface area contributed by atoms with Crippen LogP contribution in [-0.2, 0) is 0 Å². The lowest BCUT2D eigenvalue weighted by Gasteiger charge is -2.00. The van der Waals surface area contributed by atoms with Crippen LogP contribution in [-0.4, -0.2) is 15.1 Å². The van der Waals surface area contributed by atoms with Crippen LogP contribution in [0.15, 0.2) is 39.6 Å². The minimum absolute atomic E-state index is 0.281. The van der Waals surface area contributed by atoms with E-state index in [1.54, 1.807) is 12.1 Å². The van der Waals surface area contributed by atoms with Crippen LogP contribution in [0.4, 0.5) is 0 Å². The number of hydrogen-bond donors (Lipinski definition) is 2. The molecule has 76 valence electrons. The highest BCUT2D eigenvalue weighted by atomic mass is 79.9. The number of aromatic nitrogens is 2. The third kappa shape index (κ3) is 2.24. The Bertz CT molecular complexity index is 534. The molecule has 1 aromatic carbocycles. The molecule has 0 aliphatic heterocycles. The van der Waals surface area contributed by atoms with E-state index in [4.69, 9.17) is 5.11 Å². The van der Waals surface area contributed by atoms with Gasteiger partial charge in [-0.05, 0) is 12.1 Å². The molecule has 2 rings (SSSR count). The Kier molecular flexibility index (Phi) is 2.55. The van der Waals surface area contributed by atoms with E-state index in [-0.39, 0.29) is 11.4 Å². The topological polar surface area (TPSA) is 66.0 Å². The minimum atomic E-state index is -0.375. The van der Waals surface area contributed by atoms with Crippen LogP contribution in [0.5, 0.6) is 5.88 Å². The third-order valence-corrected chi connectivity index (χ3v) is 2.37. The number of hydrogen-bond acceptors (Lipinski definition) is 3. The summed E-state index contributed by atoms with van der Waals surface area (Å²) in [4.78, 5) is 17.4. The molecule has 15 heavy (non-hydrogen) atoms. The Labute approximate surface area is 93.8 Å². The lowest BCUT2D eigenvalue weighted by Crippen LogP contribution is -2.06. The molecule has 0 saturated heterocycles. The fourth-order valence-electron chi connectivity index (χ4n) is 1.19. The minimum Gasteiger partial charge on any atom is -0.493 e. The fraction of sp³-hybridized carbons (Fsp3) is 0. The Morgan fingerprint density at radius 2 is 1.93 bits per heavy atom. The van der Waals surface area contributed by atoms with Gasteiger partial charge in [0.05, 0.1) is 6.07 Å². The van der Waals surface area contributed by atoms with Crippen LogP contribution in [0.25, 0.3) is 11.4 Å². The largest absolute Gasteiger partial charge is 0.493 e. The maximum absolute atomic E-state index is 11.1. The molecule has 4 nitrogen and oxygen atoms in total. The quantitative estimate of drug-likeness (QED) is 0.829. The van der Waals surface area contributed by atoms with Crippen molar-refractivity contribution in [2.24, 2.45) is 0 Å². The highest BCUT2D eigenvalue weighted by molar-refractivity contribution is 9.10. The molecule has 2 N–H and O–H groups in total. The molecule has 1 aromatic heterocycles. The first-order chi connectivity index (χ1) is 7.15. The van der Waals surface area contributed by atoms with Gasteiger partial charge in [0.1, 0.15) is 5.82 Å². The summed E-state index contributed by atoms with van der Waals surface area (Å²) in [5.41, 5.74) is 0.367. The van der Waals surface area contributed by atoms with Gasteiger partial charge < -0.3 is 10.1 Å². The van der Waals surface area contributed by atoms with Gasteiger partial charge in [-0.3, -0.25) is 4.79 Å². The number of nitrogens with one attached hydrogen (secondary N) is 1. The zero-order valence-electron chi connectivity index (χ0n) is 7.57. The van der Waals surface area contributed by atoms with E-state index >= 15 is 0 Å². The first-order valence-corrected chi connectivity index (χ1v) is 5.01. The van der Waals surface area contributed by atoms with Gasteiger partial charge in [0.25, 0.3) is 5.56 Å². The van der Waals surface area contributed by atoms with Crippen molar-refractivity contribution < 1.29 is 5.11 Å². The van der Waals surface area contributed by atoms with Crippen LogP contribution >= 0.6 is 15.9 Å². The number of benzene rings is 1. The number of nitrogens with zero attached hydrogens (tertiary/aromatic N) is 1. The van der Waals surface area contributed by atoms with Crippen LogP contribution in [0.3, 0.4) is 0 Å². The molecule has 0 aliphatic rings. The molecule has 0 atom stereocenters. The summed E-state index contributed by atoms with van der Waals surface area (Å²) in [7, 11) is 0. The molecular formula is C10H7BrN2O2. The zero-order valence-corrected chi connectivity index (χ0v) is 9.15. The summed E-state index contributed by atoms with van der Waals surface area (Å²) in [6.07, 6.45) is 0. The van der Waals surface area contributed by atoms with Gasteiger partial charge in [0, 0.05) is 10.0 Å². The predicted molar refractivity (Wildman–Crippen MR) is 59.7 cm³/mol. The SMILES string of the molecule is O=c1cc(O)nc(-c2ccc(Br)cc2)[nH]1. The van der Waals surface area contributed by atoms with Crippen molar-refractivity contribution in [3.63, 3.8) is 0 Å². The Balaban J connectivity index is 2.54. The average Bonchev–Trinajstić information content (AvgIpc) is 2.17. The highest BCUT2D eigenvalue weighted by Gasteiger charge is 2.02. The van der Waals surface area contributed by atoms with Crippen LogP contribution < -0.4 is 5.56 Å². The van der Waals surface area contributed by atoms with E-state index in [2.05, 4.69) is 25.9 Å². The van der Waals surface area contributed by atoms with E-state index in [9.17, 15) is 4.79 Å². The summed E-state index contributed by atoms with van der Waals surface area (Å²) in [5, 5.41) is 9.17. The van der Waals surface area contributed by atoms with Crippen molar-refractivity contribution in [1.29, 1.82) is 0 Å². The van der Waals surface area contributed by atoms with Gasteiger partial charge in [0.2, 0.25) is 5.88 Å². The smallest absolute Gasteiger partial charge is 0.254 e. The lowest BCUT2D eigenvalue weighted by atomic mass is 10.2. The van der Waals surface area contributed by atoms with Crippen molar-refractivity contribution in [2.75, 3.05) is 0 Å².